The highest BCUT2D eigenvalue weighted by Gasteiger charge is 2.12. The van der Waals surface area contributed by atoms with Crippen molar-refractivity contribution in [2.24, 2.45) is 0 Å². The molecule has 180 valence electrons. The van der Waals surface area contributed by atoms with Crippen molar-refractivity contribution in [1.29, 1.82) is 0 Å². The molecule has 1 aromatic carbocycles. The first-order valence-electron chi connectivity index (χ1n) is 9.97. The van der Waals surface area contributed by atoms with Gasteiger partial charge in [0.05, 0.1) is 56.1 Å². The van der Waals surface area contributed by atoms with Crippen molar-refractivity contribution in [2.75, 3.05) is 46.2 Å². The van der Waals surface area contributed by atoms with Crippen molar-refractivity contribution < 1.29 is 33.7 Å². The fraction of sp³-hybridized carbons (Fsp3) is 0.381. The molecule has 0 fully saturated rings. The summed E-state index contributed by atoms with van der Waals surface area (Å²) in [5.41, 5.74) is -0.853. The number of hydrogen-bond donors (Lipinski definition) is 2. The minimum absolute atomic E-state index is 0.0335. The molecule has 2 rings (SSSR count). The van der Waals surface area contributed by atoms with Gasteiger partial charge in [0.15, 0.2) is 5.75 Å². The summed E-state index contributed by atoms with van der Waals surface area (Å²) in [5.74, 6) is -0.977. The summed E-state index contributed by atoms with van der Waals surface area (Å²) in [5, 5.41) is 12.5. The standard InChI is InChI=1S/C21H24Cl2N2O8/c22-15-3-1-4-16(23)20(15)33-19(27)7-9-30-11-13-32-14-12-31-10-8-24-21(28)17-5-2-6-18(26)25(17)29/h1-6,29H,7-14H2,(H,24,28). The molecule has 12 heteroatoms. The van der Waals surface area contributed by atoms with Crippen molar-refractivity contribution in [3.63, 3.8) is 0 Å². The first-order valence-corrected chi connectivity index (χ1v) is 10.7. The Balaban J connectivity index is 1.43. The lowest BCUT2D eigenvalue weighted by Crippen LogP contribution is -2.33. The maximum absolute atomic E-state index is 11.9. The Kier molecular flexibility index (Phi) is 11.7. The number of carbonyl (C=O) groups excluding carboxylic acids is 2. The van der Waals surface area contributed by atoms with E-state index in [2.05, 4.69) is 5.32 Å². The number of aromatic nitrogens is 1. The summed E-state index contributed by atoms with van der Waals surface area (Å²) in [7, 11) is 0. The summed E-state index contributed by atoms with van der Waals surface area (Å²) in [6.45, 7) is 1.80. The highest BCUT2D eigenvalue weighted by atomic mass is 35.5. The topological polar surface area (TPSA) is 125 Å². The van der Waals surface area contributed by atoms with E-state index in [0.717, 1.165) is 6.07 Å². The third kappa shape index (κ3) is 9.40. The molecule has 0 atom stereocenters. The predicted molar refractivity (Wildman–Crippen MR) is 119 cm³/mol. The van der Waals surface area contributed by atoms with E-state index in [1.165, 1.54) is 12.1 Å². The number of rotatable bonds is 14. The van der Waals surface area contributed by atoms with Gasteiger partial charge in [-0.2, -0.15) is 0 Å². The van der Waals surface area contributed by atoms with E-state index in [9.17, 15) is 19.6 Å². The van der Waals surface area contributed by atoms with Crippen molar-refractivity contribution in [3.05, 3.63) is 62.5 Å². The van der Waals surface area contributed by atoms with Gasteiger partial charge in [-0.1, -0.05) is 35.3 Å². The summed E-state index contributed by atoms with van der Waals surface area (Å²) in [4.78, 5) is 35.0. The van der Waals surface area contributed by atoms with Crippen LogP contribution in [-0.2, 0) is 19.0 Å². The van der Waals surface area contributed by atoms with E-state index in [0.29, 0.717) is 19.8 Å². The molecule has 0 saturated heterocycles. The van der Waals surface area contributed by atoms with Crippen LogP contribution in [0.5, 0.6) is 5.75 Å². The SMILES string of the molecule is O=C(CCOCCOCCOCCNC(=O)c1cccc(=O)n1O)Oc1c(Cl)cccc1Cl. The van der Waals surface area contributed by atoms with Gasteiger partial charge < -0.3 is 29.5 Å². The van der Waals surface area contributed by atoms with E-state index >= 15 is 0 Å². The van der Waals surface area contributed by atoms with Gasteiger partial charge in [-0.05, 0) is 18.2 Å². The van der Waals surface area contributed by atoms with Gasteiger partial charge in [-0.25, -0.2) is 0 Å². The second-order valence-corrected chi connectivity index (χ2v) is 7.24. The second-order valence-electron chi connectivity index (χ2n) is 6.43. The molecule has 0 saturated carbocycles. The minimum Gasteiger partial charge on any atom is -0.425 e. The van der Waals surface area contributed by atoms with Crippen LogP contribution in [0.25, 0.3) is 0 Å². The van der Waals surface area contributed by atoms with E-state index in [4.69, 9.17) is 42.1 Å². The van der Waals surface area contributed by atoms with Crippen LogP contribution in [0.4, 0.5) is 0 Å². The quantitative estimate of drug-likeness (QED) is 0.174. The molecule has 0 aliphatic heterocycles. The largest absolute Gasteiger partial charge is 0.425 e. The molecule has 10 nitrogen and oxygen atoms in total. The number of amides is 1. The van der Waals surface area contributed by atoms with Gasteiger partial charge in [-0.15, -0.1) is 4.73 Å². The number of para-hydroxylation sites is 1. The third-order valence-corrected chi connectivity index (χ3v) is 4.62. The van der Waals surface area contributed by atoms with E-state index in [1.54, 1.807) is 18.2 Å². The number of nitrogens with zero attached hydrogens (tertiary/aromatic N) is 1. The van der Waals surface area contributed by atoms with Gasteiger partial charge in [0, 0.05) is 12.6 Å². The number of ether oxygens (including phenoxy) is 4. The Morgan fingerprint density at radius 3 is 2.12 bits per heavy atom. The molecule has 2 N–H and O–H groups in total. The predicted octanol–water partition coefficient (Wildman–Crippen LogP) is 2.17. The lowest BCUT2D eigenvalue weighted by molar-refractivity contribution is -0.135. The summed E-state index contributed by atoms with van der Waals surface area (Å²) >= 11 is 11.9. The Morgan fingerprint density at radius 1 is 0.879 bits per heavy atom. The van der Waals surface area contributed by atoms with Gasteiger partial charge in [0.25, 0.3) is 11.5 Å². The number of pyridine rings is 1. The molecule has 0 unspecified atom stereocenters. The third-order valence-electron chi connectivity index (χ3n) is 4.02. The van der Waals surface area contributed by atoms with Crippen LogP contribution in [0.2, 0.25) is 10.0 Å². The molecule has 0 radical (unpaired) electrons. The normalized spacial score (nSPS) is 10.7. The van der Waals surface area contributed by atoms with Gasteiger partial charge in [0.1, 0.15) is 5.69 Å². The summed E-state index contributed by atoms with van der Waals surface area (Å²) in [6.07, 6.45) is 0.0335. The maximum Gasteiger partial charge on any atom is 0.313 e. The highest BCUT2D eigenvalue weighted by molar-refractivity contribution is 6.37. The Labute approximate surface area is 199 Å². The number of nitrogens with one attached hydrogen (secondary N) is 1. The summed E-state index contributed by atoms with van der Waals surface area (Å²) in [6, 6.07) is 8.64. The molecule has 1 heterocycles. The first-order chi connectivity index (χ1) is 15.9. The number of halogens is 2. The zero-order chi connectivity index (χ0) is 24.1. The molecular formula is C21H24Cl2N2O8. The maximum atomic E-state index is 11.9. The molecule has 0 spiro atoms. The first kappa shape index (κ1) is 26.6. The molecule has 1 aromatic heterocycles. The Hall–Kier alpha value is -2.63. The van der Waals surface area contributed by atoms with Gasteiger partial charge in [-0.3, -0.25) is 14.4 Å². The number of esters is 1. The molecular weight excluding hydrogens is 479 g/mol. The van der Waals surface area contributed by atoms with E-state index in [1.807, 2.05) is 0 Å². The molecule has 2 aromatic rings. The smallest absolute Gasteiger partial charge is 0.313 e. The molecule has 33 heavy (non-hydrogen) atoms. The molecule has 0 aliphatic rings. The van der Waals surface area contributed by atoms with Gasteiger partial charge in [0.2, 0.25) is 0 Å². The van der Waals surface area contributed by atoms with E-state index < -0.39 is 17.4 Å². The molecule has 0 aliphatic carbocycles. The average Bonchev–Trinajstić information content (AvgIpc) is 2.78. The zero-order valence-corrected chi connectivity index (χ0v) is 19.1. The number of benzene rings is 1. The van der Waals surface area contributed by atoms with Crippen LogP contribution in [0, 0.1) is 0 Å². The fourth-order valence-electron chi connectivity index (χ4n) is 2.42. The van der Waals surface area contributed by atoms with Gasteiger partial charge >= 0.3 is 5.97 Å². The number of hydrogen-bond acceptors (Lipinski definition) is 8. The summed E-state index contributed by atoms with van der Waals surface area (Å²) < 4.78 is 21.4. The van der Waals surface area contributed by atoms with E-state index in [-0.39, 0.29) is 59.0 Å². The fourth-order valence-corrected chi connectivity index (χ4v) is 2.90. The van der Waals surface area contributed by atoms with Crippen LogP contribution < -0.4 is 15.6 Å². The Morgan fingerprint density at radius 2 is 1.45 bits per heavy atom. The molecule has 0 bridgehead atoms. The Bertz CT molecular complexity index is 963. The monoisotopic (exact) mass is 502 g/mol. The number of carbonyl (C=O) groups is 2. The van der Waals surface area contributed by atoms with Crippen molar-refractivity contribution in [2.45, 2.75) is 6.42 Å². The lowest BCUT2D eigenvalue weighted by Gasteiger charge is -2.09. The zero-order valence-electron chi connectivity index (χ0n) is 17.6. The second kappa shape index (κ2) is 14.5. The van der Waals surface area contributed by atoms with Crippen LogP contribution in [-0.4, -0.2) is 68.0 Å². The average molecular weight is 503 g/mol. The molecule has 1 amide bonds. The lowest BCUT2D eigenvalue weighted by atomic mass is 10.3. The van der Waals surface area contributed by atoms with Crippen molar-refractivity contribution >= 4 is 35.1 Å². The van der Waals surface area contributed by atoms with Crippen LogP contribution in [0.15, 0.2) is 41.2 Å². The highest BCUT2D eigenvalue weighted by Crippen LogP contribution is 2.32. The van der Waals surface area contributed by atoms with Crippen LogP contribution in [0.3, 0.4) is 0 Å². The van der Waals surface area contributed by atoms with Crippen molar-refractivity contribution in [1.82, 2.24) is 10.0 Å². The van der Waals surface area contributed by atoms with Crippen LogP contribution in [0.1, 0.15) is 16.9 Å². The van der Waals surface area contributed by atoms with Crippen LogP contribution >= 0.6 is 23.2 Å². The van der Waals surface area contributed by atoms with Crippen molar-refractivity contribution in [3.8, 4) is 5.75 Å². The minimum atomic E-state index is -0.693.